The summed E-state index contributed by atoms with van der Waals surface area (Å²) < 4.78 is 0. The summed E-state index contributed by atoms with van der Waals surface area (Å²) in [5, 5.41) is 3.12. The maximum absolute atomic E-state index is 11.6. The molecule has 0 radical (unpaired) electrons. The van der Waals surface area contributed by atoms with Crippen molar-refractivity contribution in [3.05, 3.63) is 0 Å². The summed E-state index contributed by atoms with van der Waals surface area (Å²) in [7, 11) is 0. The molecule has 4 rings (SSSR count). The van der Waals surface area contributed by atoms with Crippen molar-refractivity contribution < 1.29 is 9.69 Å². The third-order valence-electron chi connectivity index (χ3n) is 4.74. The van der Waals surface area contributed by atoms with Crippen LogP contribution in [0.15, 0.2) is 0 Å². The van der Waals surface area contributed by atoms with Crippen LogP contribution in [-0.4, -0.2) is 31.6 Å². The van der Waals surface area contributed by atoms with Gasteiger partial charge in [0.2, 0.25) is 5.91 Å². The maximum atomic E-state index is 11.6. The highest BCUT2D eigenvalue weighted by atomic mass is 16.2. The van der Waals surface area contributed by atoms with Gasteiger partial charge in [-0.05, 0) is 18.8 Å². The number of quaternary nitrogens is 1. The zero-order chi connectivity index (χ0) is 11.8. The number of carbonyl (C=O) groups excluding carboxylic acids is 1. The molecule has 3 heterocycles. The predicted molar refractivity (Wildman–Crippen MR) is 65.3 cm³/mol. The fraction of sp³-hybridized carbons (Fsp3) is 0.786. The number of hydrogen-bond donors (Lipinski definition) is 2. The van der Waals surface area contributed by atoms with Gasteiger partial charge in [-0.1, -0.05) is 5.92 Å². The second-order valence-corrected chi connectivity index (χ2v) is 5.89. The Morgan fingerprint density at radius 2 is 2.24 bits per heavy atom. The van der Waals surface area contributed by atoms with E-state index in [1.807, 2.05) is 0 Å². The number of nitrogens with one attached hydrogen (secondary N) is 2. The SMILES string of the molecule is C#C[C@H]1C[NH+]2CC[C@H]1C[C@@H]2CNC(=O)C1CC1. The summed E-state index contributed by atoms with van der Waals surface area (Å²) in [5.74, 6) is 4.74. The van der Waals surface area contributed by atoms with Crippen LogP contribution in [0, 0.1) is 30.1 Å². The van der Waals surface area contributed by atoms with Crippen molar-refractivity contribution in [3.8, 4) is 12.3 Å². The van der Waals surface area contributed by atoms with Gasteiger partial charge in [0.05, 0.1) is 25.6 Å². The molecule has 92 valence electrons. The molecule has 3 saturated heterocycles. The Hall–Kier alpha value is -1.01. The second kappa shape index (κ2) is 4.34. The van der Waals surface area contributed by atoms with E-state index in [9.17, 15) is 4.79 Å². The first-order valence-corrected chi connectivity index (χ1v) is 6.86. The maximum Gasteiger partial charge on any atom is 0.223 e. The molecule has 4 aliphatic rings. The van der Waals surface area contributed by atoms with Crippen LogP contribution in [0.2, 0.25) is 0 Å². The van der Waals surface area contributed by atoms with Crippen molar-refractivity contribution in [2.45, 2.75) is 31.7 Å². The van der Waals surface area contributed by atoms with Gasteiger partial charge in [0.15, 0.2) is 0 Å². The summed E-state index contributed by atoms with van der Waals surface area (Å²) >= 11 is 0. The van der Waals surface area contributed by atoms with Gasteiger partial charge < -0.3 is 10.2 Å². The quantitative estimate of drug-likeness (QED) is 0.630. The molecule has 1 aliphatic carbocycles. The standard InChI is InChI=1S/C14H20N2O/c1-2-10-9-16-6-5-12(10)7-13(16)8-15-14(17)11-3-4-11/h1,10-13H,3-9H2,(H,15,17)/p+1/t10-,12-,13+/m0/s1. The topological polar surface area (TPSA) is 33.5 Å². The van der Waals surface area contributed by atoms with Crippen molar-refractivity contribution in [2.75, 3.05) is 19.6 Å². The van der Waals surface area contributed by atoms with Gasteiger partial charge in [-0.25, -0.2) is 0 Å². The van der Waals surface area contributed by atoms with E-state index >= 15 is 0 Å². The van der Waals surface area contributed by atoms with E-state index in [-0.39, 0.29) is 5.91 Å². The molecule has 0 aromatic heterocycles. The highest BCUT2D eigenvalue weighted by Crippen LogP contribution is 2.29. The van der Waals surface area contributed by atoms with Gasteiger partial charge in [0, 0.05) is 18.8 Å². The fourth-order valence-electron chi connectivity index (χ4n) is 3.44. The molecule has 0 aromatic carbocycles. The van der Waals surface area contributed by atoms with Gasteiger partial charge in [0.1, 0.15) is 6.04 Å². The molecule has 17 heavy (non-hydrogen) atoms. The van der Waals surface area contributed by atoms with E-state index in [4.69, 9.17) is 6.42 Å². The van der Waals surface area contributed by atoms with Gasteiger partial charge in [-0.2, -0.15) is 0 Å². The first-order valence-electron chi connectivity index (χ1n) is 6.86. The van der Waals surface area contributed by atoms with Crippen molar-refractivity contribution >= 4 is 5.91 Å². The zero-order valence-electron chi connectivity index (χ0n) is 10.2. The third kappa shape index (κ3) is 2.19. The molecule has 3 aliphatic heterocycles. The Morgan fingerprint density at radius 3 is 2.82 bits per heavy atom. The summed E-state index contributed by atoms with van der Waals surface area (Å²) in [5.41, 5.74) is 0. The second-order valence-electron chi connectivity index (χ2n) is 5.89. The summed E-state index contributed by atoms with van der Waals surface area (Å²) in [6.45, 7) is 3.22. The Labute approximate surface area is 103 Å². The zero-order valence-corrected chi connectivity index (χ0v) is 10.2. The lowest BCUT2D eigenvalue weighted by Gasteiger charge is -2.45. The number of hydrogen-bond acceptors (Lipinski definition) is 1. The minimum atomic E-state index is 0.278. The van der Waals surface area contributed by atoms with E-state index in [0.29, 0.717) is 23.8 Å². The Balaban J connectivity index is 1.52. The van der Waals surface area contributed by atoms with Crippen molar-refractivity contribution in [1.29, 1.82) is 0 Å². The number of carbonyl (C=O) groups is 1. The highest BCUT2D eigenvalue weighted by Gasteiger charge is 2.43. The molecular weight excluding hydrogens is 212 g/mol. The van der Waals surface area contributed by atoms with Crippen molar-refractivity contribution in [2.24, 2.45) is 17.8 Å². The number of fused-ring (bicyclic) bond motifs is 3. The largest absolute Gasteiger partial charge is 0.350 e. The molecule has 4 fully saturated rings. The van der Waals surface area contributed by atoms with E-state index < -0.39 is 0 Å². The monoisotopic (exact) mass is 233 g/mol. The van der Waals surface area contributed by atoms with Crippen LogP contribution >= 0.6 is 0 Å². The van der Waals surface area contributed by atoms with E-state index in [1.54, 1.807) is 4.90 Å². The van der Waals surface area contributed by atoms with Crippen LogP contribution in [0.25, 0.3) is 0 Å². The van der Waals surface area contributed by atoms with Gasteiger partial charge in [0.25, 0.3) is 0 Å². The van der Waals surface area contributed by atoms with Crippen LogP contribution in [0.5, 0.6) is 0 Å². The number of rotatable bonds is 3. The van der Waals surface area contributed by atoms with Gasteiger partial charge in [-0.3, -0.25) is 4.79 Å². The number of amides is 1. The molecule has 3 heteroatoms. The Bertz CT molecular complexity index is 356. The smallest absolute Gasteiger partial charge is 0.223 e. The van der Waals surface area contributed by atoms with Crippen molar-refractivity contribution in [1.82, 2.24) is 5.32 Å². The molecular formula is C14H21N2O+. The molecule has 2 N–H and O–H groups in total. The number of terminal acetylenes is 1. The number of piperidine rings is 3. The lowest BCUT2D eigenvalue weighted by Crippen LogP contribution is -3.20. The minimum absolute atomic E-state index is 0.278. The molecule has 0 aromatic rings. The first-order chi connectivity index (χ1) is 8.28. The average Bonchev–Trinajstić information content (AvgIpc) is 3.20. The first kappa shape index (κ1) is 11.1. The molecule has 1 unspecified atom stereocenters. The Morgan fingerprint density at radius 1 is 1.41 bits per heavy atom. The van der Waals surface area contributed by atoms with Crippen LogP contribution in [0.4, 0.5) is 0 Å². The van der Waals surface area contributed by atoms with Crippen molar-refractivity contribution in [3.63, 3.8) is 0 Å². The van der Waals surface area contributed by atoms with E-state index in [2.05, 4.69) is 11.2 Å². The van der Waals surface area contributed by atoms with Crippen LogP contribution in [-0.2, 0) is 4.79 Å². The van der Waals surface area contributed by atoms with Gasteiger partial charge in [-0.15, -0.1) is 6.42 Å². The summed E-state index contributed by atoms with van der Waals surface area (Å²) in [6, 6.07) is 0.612. The molecule has 0 spiro atoms. The normalized spacial score (nSPS) is 39.7. The molecule has 1 amide bonds. The predicted octanol–water partition coefficient (Wildman–Crippen LogP) is -0.561. The Kier molecular flexibility index (Phi) is 2.84. The van der Waals surface area contributed by atoms with Crippen LogP contribution < -0.4 is 10.2 Å². The average molecular weight is 233 g/mol. The molecule has 3 nitrogen and oxygen atoms in total. The lowest BCUT2D eigenvalue weighted by molar-refractivity contribution is -0.943. The lowest BCUT2D eigenvalue weighted by atomic mass is 9.76. The molecule has 2 bridgehead atoms. The summed E-state index contributed by atoms with van der Waals surface area (Å²) in [6.07, 6.45) is 10.2. The van der Waals surface area contributed by atoms with Crippen LogP contribution in [0.3, 0.4) is 0 Å². The molecule has 4 atom stereocenters. The van der Waals surface area contributed by atoms with E-state index in [0.717, 1.165) is 25.9 Å². The third-order valence-corrected chi connectivity index (χ3v) is 4.74. The highest BCUT2D eigenvalue weighted by molar-refractivity contribution is 5.80. The van der Waals surface area contributed by atoms with Crippen LogP contribution in [0.1, 0.15) is 25.7 Å². The fourth-order valence-corrected chi connectivity index (χ4v) is 3.44. The van der Waals surface area contributed by atoms with E-state index in [1.165, 1.54) is 19.4 Å². The molecule has 1 saturated carbocycles. The summed E-state index contributed by atoms with van der Waals surface area (Å²) in [4.78, 5) is 13.2. The van der Waals surface area contributed by atoms with Gasteiger partial charge >= 0.3 is 0 Å². The minimum Gasteiger partial charge on any atom is -0.350 e.